The van der Waals surface area contributed by atoms with E-state index in [0.29, 0.717) is 0 Å². The summed E-state index contributed by atoms with van der Waals surface area (Å²) in [6, 6.07) is 21.4. The van der Waals surface area contributed by atoms with E-state index in [4.69, 9.17) is 0 Å². The number of thioether (sulfide) groups is 4. The normalized spacial score (nSPS) is 20.0. The van der Waals surface area contributed by atoms with Gasteiger partial charge in [0.15, 0.2) is 0 Å². The lowest BCUT2D eigenvalue weighted by Crippen LogP contribution is -2.17. The summed E-state index contributed by atoms with van der Waals surface area (Å²) in [6.07, 6.45) is 4.33. The summed E-state index contributed by atoms with van der Waals surface area (Å²) in [6.45, 7) is 0. The second kappa shape index (κ2) is 8.57. The number of hydrogen-bond donors (Lipinski definition) is 0. The van der Waals surface area contributed by atoms with E-state index < -0.39 is 0 Å². The average Bonchev–Trinajstić information content (AvgIpc) is 3.25. The summed E-state index contributed by atoms with van der Waals surface area (Å²) in [5.41, 5.74) is 5.13. The van der Waals surface area contributed by atoms with Crippen LogP contribution in [0, 0.1) is 0 Å². The molecule has 0 unspecified atom stereocenters. The molecule has 2 aromatic carbocycles. The molecular weight excluding hydrogens is 421 g/mol. The average molecular weight is 443 g/mol. The Morgan fingerprint density at radius 3 is 1.29 bits per heavy atom. The summed E-state index contributed by atoms with van der Waals surface area (Å²) in [5, 5.41) is 2.60. The monoisotopic (exact) mass is 442 g/mol. The van der Waals surface area contributed by atoms with Crippen molar-refractivity contribution in [2.45, 2.75) is 0 Å². The van der Waals surface area contributed by atoms with Crippen molar-refractivity contribution < 1.29 is 0 Å². The minimum atomic E-state index is 1.27. The Balaban J connectivity index is 1.74. The molecule has 0 bridgehead atoms. The molecule has 2 aromatic rings. The van der Waals surface area contributed by atoms with Gasteiger partial charge in [-0.15, -0.1) is 23.5 Å². The van der Waals surface area contributed by atoms with Crippen LogP contribution in [0.4, 0.5) is 0 Å². The highest BCUT2D eigenvalue weighted by molar-refractivity contribution is 8.26. The molecule has 144 valence electrons. The van der Waals surface area contributed by atoms with Crippen LogP contribution in [-0.2, 0) is 0 Å². The second-order valence-electron chi connectivity index (χ2n) is 6.34. The largest absolute Gasteiger partial charge is 0.335 e. The molecular formula is C22H22N2S4. The first-order valence-electron chi connectivity index (χ1n) is 8.90. The second-order valence-corrected chi connectivity index (χ2v) is 10.5. The molecule has 2 aliphatic rings. The van der Waals surface area contributed by atoms with Gasteiger partial charge in [0.05, 0.1) is 19.9 Å². The summed E-state index contributed by atoms with van der Waals surface area (Å²) in [5.74, 6) is 0. The van der Waals surface area contributed by atoms with E-state index in [1.54, 1.807) is 0 Å². The lowest BCUT2D eigenvalue weighted by atomic mass is 10.1. The Kier molecular flexibility index (Phi) is 6.11. The van der Waals surface area contributed by atoms with E-state index in [9.17, 15) is 0 Å². The third-order valence-electron chi connectivity index (χ3n) is 4.69. The van der Waals surface area contributed by atoms with Crippen LogP contribution in [0.1, 0.15) is 11.1 Å². The zero-order valence-corrected chi connectivity index (χ0v) is 19.6. The number of benzene rings is 2. The van der Waals surface area contributed by atoms with Crippen molar-refractivity contribution in [2.24, 2.45) is 0 Å². The third-order valence-corrected chi connectivity index (χ3v) is 9.53. The van der Waals surface area contributed by atoms with Crippen molar-refractivity contribution in [3.8, 4) is 0 Å². The molecule has 0 radical (unpaired) electrons. The third kappa shape index (κ3) is 3.52. The first-order valence-corrected chi connectivity index (χ1v) is 13.0. The van der Waals surface area contributed by atoms with E-state index in [2.05, 4.69) is 97.1 Å². The first kappa shape index (κ1) is 20.0. The molecule has 0 N–H and O–H groups in total. The molecule has 0 atom stereocenters. The van der Waals surface area contributed by atoms with E-state index in [-0.39, 0.29) is 0 Å². The molecule has 2 aliphatic heterocycles. The van der Waals surface area contributed by atoms with Gasteiger partial charge in [0.2, 0.25) is 0 Å². The summed E-state index contributed by atoms with van der Waals surface area (Å²) < 4.78 is 2.70. The van der Waals surface area contributed by atoms with Gasteiger partial charge in [-0.25, -0.2) is 0 Å². The highest BCUT2D eigenvalue weighted by Crippen LogP contribution is 2.57. The highest BCUT2D eigenvalue weighted by Gasteiger charge is 2.35. The van der Waals surface area contributed by atoms with Crippen molar-refractivity contribution in [1.82, 2.24) is 9.80 Å². The summed E-state index contributed by atoms with van der Waals surface area (Å²) in [4.78, 5) is 4.72. The van der Waals surface area contributed by atoms with E-state index >= 15 is 0 Å². The van der Waals surface area contributed by atoms with Crippen molar-refractivity contribution in [3.63, 3.8) is 0 Å². The van der Waals surface area contributed by atoms with Crippen LogP contribution in [0.5, 0.6) is 0 Å². The standard InChI is InChI=1S/C22H22N2S4/c1-23-17(15-11-7-5-8-12-15)21(25-3)27-19(23)20-24(2)18(22(26-4)28-20)16-13-9-6-10-14-16/h5-14H,1-4H3/b20-19+. The van der Waals surface area contributed by atoms with Gasteiger partial charge in [0, 0.05) is 14.1 Å². The minimum Gasteiger partial charge on any atom is -0.335 e. The topological polar surface area (TPSA) is 6.48 Å². The molecule has 6 heteroatoms. The van der Waals surface area contributed by atoms with Crippen molar-refractivity contribution in [1.29, 1.82) is 0 Å². The Hall–Kier alpha value is -1.34. The predicted molar refractivity (Wildman–Crippen MR) is 131 cm³/mol. The number of hydrogen-bond acceptors (Lipinski definition) is 6. The smallest absolute Gasteiger partial charge is 0.112 e. The lowest BCUT2D eigenvalue weighted by molar-refractivity contribution is 0.586. The van der Waals surface area contributed by atoms with E-state index in [1.165, 1.54) is 41.1 Å². The molecule has 0 amide bonds. The fourth-order valence-electron chi connectivity index (χ4n) is 3.35. The van der Waals surface area contributed by atoms with Gasteiger partial charge >= 0.3 is 0 Å². The van der Waals surface area contributed by atoms with Gasteiger partial charge in [-0.2, -0.15) is 0 Å². The van der Waals surface area contributed by atoms with Gasteiger partial charge in [0.1, 0.15) is 10.1 Å². The zero-order chi connectivity index (χ0) is 19.7. The molecule has 2 nitrogen and oxygen atoms in total. The van der Waals surface area contributed by atoms with Crippen LogP contribution < -0.4 is 0 Å². The Bertz CT molecular complexity index is 885. The maximum atomic E-state index is 2.36. The highest BCUT2D eigenvalue weighted by atomic mass is 32.2. The number of rotatable bonds is 4. The Labute approximate surface area is 184 Å². The molecule has 28 heavy (non-hydrogen) atoms. The Morgan fingerprint density at radius 1 is 0.607 bits per heavy atom. The van der Waals surface area contributed by atoms with Crippen LogP contribution in [0.3, 0.4) is 0 Å². The zero-order valence-electron chi connectivity index (χ0n) is 16.3. The van der Waals surface area contributed by atoms with Gasteiger partial charge in [-0.1, -0.05) is 84.2 Å². The lowest BCUT2D eigenvalue weighted by Gasteiger charge is -2.24. The van der Waals surface area contributed by atoms with Crippen molar-refractivity contribution in [3.05, 3.63) is 90.3 Å². The quantitative estimate of drug-likeness (QED) is 0.507. The maximum Gasteiger partial charge on any atom is 0.112 e. The summed E-state index contributed by atoms with van der Waals surface area (Å²) >= 11 is 7.42. The van der Waals surface area contributed by atoms with Crippen LogP contribution in [0.15, 0.2) is 79.2 Å². The van der Waals surface area contributed by atoms with E-state index in [0.717, 1.165) is 0 Å². The molecule has 0 aromatic heterocycles. The molecule has 0 fully saturated rings. The van der Waals surface area contributed by atoms with Gasteiger partial charge in [-0.05, 0) is 23.6 Å². The van der Waals surface area contributed by atoms with Crippen molar-refractivity contribution >= 4 is 58.4 Å². The minimum absolute atomic E-state index is 1.27. The van der Waals surface area contributed by atoms with Crippen LogP contribution in [-0.4, -0.2) is 36.4 Å². The molecule has 4 rings (SSSR count). The van der Waals surface area contributed by atoms with Crippen LogP contribution in [0.25, 0.3) is 11.4 Å². The van der Waals surface area contributed by atoms with E-state index in [1.807, 2.05) is 47.0 Å². The molecule has 0 spiro atoms. The molecule has 0 aliphatic carbocycles. The Morgan fingerprint density at radius 2 is 0.964 bits per heavy atom. The maximum absolute atomic E-state index is 2.36. The molecule has 2 heterocycles. The molecule has 0 saturated heterocycles. The van der Waals surface area contributed by atoms with Gasteiger partial charge in [-0.3, -0.25) is 0 Å². The molecule has 0 saturated carbocycles. The van der Waals surface area contributed by atoms with Crippen molar-refractivity contribution in [2.75, 3.05) is 26.6 Å². The van der Waals surface area contributed by atoms with Crippen LogP contribution >= 0.6 is 47.0 Å². The van der Waals surface area contributed by atoms with Gasteiger partial charge < -0.3 is 9.80 Å². The predicted octanol–water partition coefficient (Wildman–Crippen LogP) is 6.85. The fraction of sp³-hybridized carbons (Fsp3) is 0.182. The van der Waals surface area contributed by atoms with Gasteiger partial charge in [0.25, 0.3) is 0 Å². The number of nitrogens with zero attached hydrogens (tertiary/aromatic N) is 2. The SMILES string of the molecule is CSC1=C(c2ccccc2)N(C)/C(=C2\SC(SC)=C(c3ccccc3)N2C)S1. The van der Waals surface area contributed by atoms with Crippen LogP contribution in [0.2, 0.25) is 0 Å². The fourth-order valence-corrected chi connectivity index (χ4v) is 7.60. The summed E-state index contributed by atoms with van der Waals surface area (Å²) in [7, 11) is 4.38. The first-order chi connectivity index (χ1) is 13.7.